The van der Waals surface area contributed by atoms with Gasteiger partial charge in [-0.25, -0.2) is 5.43 Å². The molecule has 0 aliphatic carbocycles. The first kappa shape index (κ1) is 19.4. The smallest absolute Gasteiger partial charge is 0.259 e. The Labute approximate surface area is 151 Å². The second-order valence-electron chi connectivity index (χ2n) is 6.04. The Balaban J connectivity index is 1.87. The molecule has 1 aromatic rings. The van der Waals surface area contributed by atoms with Crippen LogP contribution in [-0.4, -0.2) is 48.1 Å². The van der Waals surface area contributed by atoms with Crippen LogP contribution in [0.25, 0.3) is 0 Å². The Morgan fingerprint density at radius 2 is 1.96 bits per heavy atom. The fourth-order valence-electron chi connectivity index (χ4n) is 2.56. The van der Waals surface area contributed by atoms with Crippen LogP contribution in [0.2, 0.25) is 0 Å². The summed E-state index contributed by atoms with van der Waals surface area (Å²) in [5.74, 6) is -1.23. The fraction of sp³-hybridized carbons (Fsp3) is 0.444. The molecule has 8 nitrogen and oxygen atoms in total. The van der Waals surface area contributed by atoms with E-state index in [1.165, 1.54) is 0 Å². The molecule has 1 saturated heterocycles. The van der Waals surface area contributed by atoms with Gasteiger partial charge in [-0.15, -0.1) is 0 Å². The van der Waals surface area contributed by atoms with Crippen molar-refractivity contribution in [1.82, 2.24) is 10.3 Å². The van der Waals surface area contributed by atoms with Crippen molar-refractivity contribution in [2.24, 2.45) is 5.10 Å². The highest BCUT2D eigenvalue weighted by Crippen LogP contribution is 2.13. The predicted molar refractivity (Wildman–Crippen MR) is 92.3 cm³/mol. The van der Waals surface area contributed by atoms with Gasteiger partial charge in [-0.05, 0) is 49.6 Å². The van der Waals surface area contributed by atoms with Crippen molar-refractivity contribution in [3.63, 3.8) is 0 Å². The number of hydrogen-bond acceptors (Lipinski definition) is 6. The molecule has 1 aliphatic heterocycles. The molecule has 2 amide bonds. The molecule has 0 bridgehead atoms. The number of ether oxygens (including phenoxy) is 1. The number of carboxylic acids is 1. The summed E-state index contributed by atoms with van der Waals surface area (Å²) in [5.41, 5.74) is 3.78. The summed E-state index contributed by atoms with van der Waals surface area (Å²) in [6.07, 6.45) is 3.27. The van der Waals surface area contributed by atoms with Gasteiger partial charge in [0, 0.05) is 13.0 Å². The highest BCUT2D eigenvalue weighted by molar-refractivity contribution is 5.99. The predicted octanol–water partition coefficient (Wildman–Crippen LogP) is 0.0581. The molecule has 1 N–H and O–H groups in total. The number of nitrogens with one attached hydrogen (secondary N) is 1. The Morgan fingerprint density at radius 3 is 2.65 bits per heavy atom. The summed E-state index contributed by atoms with van der Waals surface area (Å²) < 4.78 is 5.00. The standard InChI is InChI=1S/C18H23N3O5/c1-13(14-6-8-15(9-7-14)26-12-18(24)25)19-20-16(22)11-21-10-4-2-3-5-17(21)23/h6-9H,2-5,10-12H2,1H3,(H,20,22)(H,24,25)/p-1/b19-13-. The molecule has 0 spiro atoms. The van der Waals surface area contributed by atoms with Gasteiger partial charge >= 0.3 is 0 Å². The van der Waals surface area contributed by atoms with Crippen LogP contribution in [0.1, 0.15) is 38.2 Å². The van der Waals surface area contributed by atoms with Gasteiger partial charge in [-0.1, -0.05) is 6.42 Å². The van der Waals surface area contributed by atoms with Gasteiger partial charge in [-0.3, -0.25) is 9.59 Å². The number of carboxylic acid groups (broad SMARTS) is 1. The van der Waals surface area contributed by atoms with Crippen molar-refractivity contribution >= 4 is 23.5 Å². The van der Waals surface area contributed by atoms with E-state index in [4.69, 9.17) is 4.74 Å². The van der Waals surface area contributed by atoms with Crippen molar-refractivity contribution in [2.45, 2.75) is 32.6 Å². The van der Waals surface area contributed by atoms with Gasteiger partial charge in [0.15, 0.2) is 0 Å². The second-order valence-corrected chi connectivity index (χ2v) is 6.04. The van der Waals surface area contributed by atoms with Crippen molar-refractivity contribution < 1.29 is 24.2 Å². The van der Waals surface area contributed by atoms with Crippen molar-refractivity contribution in [2.75, 3.05) is 19.7 Å². The molecule has 1 fully saturated rings. The van der Waals surface area contributed by atoms with E-state index in [2.05, 4.69) is 10.5 Å². The minimum Gasteiger partial charge on any atom is -0.546 e. The third kappa shape index (κ3) is 6.19. The summed E-state index contributed by atoms with van der Waals surface area (Å²) in [7, 11) is 0. The van der Waals surface area contributed by atoms with Crippen LogP contribution >= 0.6 is 0 Å². The number of nitrogens with zero attached hydrogens (tertiary/aromatic N) is 2. The molecule has 1 heterocycles. The number of benzene rings is 1. The average molecular weight is 360 g/mol. The normalized spacial score (nSPS) is 15.3. The number of aliphatic carboxylic acids is 1. The molecule has 26 heavy (non-hydrogen) atoms. The highest BCUT2D eigenvalue weighted by atomic mass is 16.5. The molecule has 0 saturated carbocycles. The molecule has 0 atom stereocenters. The zero-order valence-corrected chi connectivity index (χ0v) is 14.7. The van der Waals surface area contributed by atoms with Gasteiger partial charge in [-0.2, -0.15) is 5.10 Å². The van der Waals surface area contributed by atoms with Crippen molar-refractivity contribution in [3.05, 3.63) is 29.8 Å². The molecule has 0 radical (unpaired) electrons. The summed E-state index contributed by atoms with van der Waals surface area (Å²) in [6, 6.07) is 6.62. The molecular weight excluding hydrogens is 338 g/mol. The zero-order valence-electron chi connectivity index (χ0n) is 14.7. The van der Waals surface area contributed by atoms with E-state index in [9.17, 15) is 19.5 Å². The SMILES string of the molecule is C/C(=N/NC(=O)CN1CCCCCC1=O)c1ccc(OCC(=O)[O-])cc1. The maximum atomic E-state index is 12.0. The molecule has 140 valence electrons. The second kappa shape index (κ2) is 9.55. The zero-order chi connectivity index (χ0) is 18.9. The lowest BCUT2D eigenvalue weighted by molar-refractivity contribution is -0.307. The van der Waals surface area contributed by atoms with Gasteiger partial charge < -0.3 is 19.5 Å². The van der Waals surface area contributed by atoms with Crippen LogP contribution in [0.15, 0.2) is 29.4 Å². The first-order valence-electron chi connectivity index (χ1n) is 8.49. The lowest BCUT2D eigenvalue weighted by atomic mass is 10.1. The quantitative estimate of drug-likeness (QED) is 0.546. The average Bonchev–Trinajstić information content (AvgIpc) is 2.83. The first-order valence-corrected chi connectivity index (χ1v) is 8.49. The number of hydrazone groups is 1. The van der Waals surface area contributed by atoms with Gasteiger partial charge in [0.05, 0.1) is 11.7 Å². The van der Waals surface area contributed by atoms with Crippen LogP contribution < -0.4 is 15.3 Å². The third-order valence-corrected chi connectivity index (χ3v) is 3.98. The highest BCUT2D eigenvalue weighted by Gasteiger charge is 2.18. The van der Waals surface area contributed by atoms with E-state index in [0.717, 1.165) is 24.8 Å². The summed E-state index contributed by atoms with van der Waals surface area (Å²) in [4.78, 5) is 35.8. The first-order chi connectivity index (χ1) is 12.5. The Bertz CT molecular complexity index is 685. The van der Waals surface area contributed by atoms with Crippen LogP contribution in [0, 0.1) is 0 Å². The van der Waals surface area contributed by atoms with Crippen LogP contribution in [0.5, 0.6) is 5.75 Å². The number of carbonyl (C=O) groups is 3. The number of carbonyl (C=O) groups excluding carboxylic acids is 3. The molecule has 2 rings (SSSR count). The number of amides is 2. The number of rotatable bonds is 7. The van der Waals surface area contributed by atoms with Gasteiger partial charge in [0.2, 0.25) is 5.91 Å². The maximum absolute atomic E-state index is 12.0. The third-order valence-electron chi connectivity index (χ3n) is 3.98. The van der Waals surface area contributed by atoms with Crippen molar-refractivity contribution in [1.29, 1.82) is 0 Å². The molecular formula is C18H22N3O5-. The number of likely N-dealkylation sites (tertiary alicyclic amines) is 1. The van der Waals surface area contributed by atoms with Gasteiger partial charge in [0.25, 0.3) is 5.91 Å². The van der Waals surface area contributed by atoms with E-state index in [1.807, 2.05) is 0 Å². The summed E-state index contributed by atoms with van der Waals surface area (Å²) in [6.45, 7) is 1.82. The van der Waals surface area contributed by atoms with Crippen LogP contribution in [0.3, 0.4) is 0 Å². The maximum Gasteiger partial charge on any atom is 0.259 e. The minimum atomic E-state index is -1.29. The molecule has 1 aromatic carbocycles. The van der Waals surface area contributed by atoms with Crippen LogP contribution in [-0.2, 0) is 14.4 Å². The van der Waals surface area contributed by atoms with E-state index in [-0.39, 0.29) is 18.4 Å². The summed E-state index contributed by atoms with van der Waals surface area (Å²) >= 11 is 0. The fourth-order valence-corrected chi connectivity index (χ4v) is 2.56. The minimum absolute atomic E-state index is 0.00509. The monoisotopic (exact) mass is 360 g/mol. The van der Waals surface area contributed by atoms with E-state index in [0.29, 0.717) is 24.4 Å². The van der Waals surface area contributed by atoms with E-state index in [1.54, 1.807) is 36.1 Å². The largest absolute Gasteiger partial charge is 0.546 e. The van der Waals surface area contributed by atoms with E-state index < -0.39 is 12.6 Å². The van der Waals surface area contributed by atoms with Gasteiger partial charge in [0.1, 0.15) is 18.9 Å². The molecule has 0 unspecified atom stereocenters. The molecule has 1 aliphatic rings. The topological polar surface area (TPSA) is 111 Å². The lowest BCUT2D eigenvalue weighted by Crippen LogP contribution is -2.39. The lowest BCUT2D eigenvalue weighted by Gasteiger charge is -2.19. The molecule has 8 heteroatoms. The van der Waals surface area contributed by atoms with E-state index >= 15 is 0 Å². The summed E-state index contributed by atoms with van der Waals surface area (Å²) in [5, 5.41) is 14.4. The Morgan fingerprint density at radius 1 is 1.23 bits per heavy atom. The Kier molecular flexibility index (Phi) is 7.13. The Hall–Kier alpha value is -2.90. The van der Waals surface area contributed by atoms with Crippen LogP contribution in [0.4, 0.5) is 0 Å². The number of hydrogen-bond donors (Lipinski definition) is 1. The van der Waals surface area contributed by atoms with Crippen molar-refractivity contribution in [3.8, 4) is 5.75 Å². The molecule has 0 aromatic heterocycles.